The maximum Gasteiger partial charge on any atom is 0.0192 e. The molecule has 0 spiro atoms. The van der Waals surface area contributed by atoms with Gasteiger partial charge in [-0.3, -0.25) is 4.90 Å². The van der Waals surface area contributed by atoms with E-state index in [0.717, 1.165) is 19.0 Å². The van der Waals surface area contributed by atoms with Crippen molar-refractivity contribution >= 4 is 0 Å². The molecule has 0 saturated carbocycles. The number of likely N-dealkylation sites (tertiary alicyclic amines) is 2. The number of nitrogens with one attached hydrogen (secondary N) is 1. The first-order valence-electron chi connectivity index (χ1n) is 7.96. The number of rotatable bonds is 6. The topological polar surface area (TPSA) is 18.5 Å². The minimum atomic E-state index is 0.706. The van der Waals surface area contributed by atoms with Gasteiger partial charge >= 0.3 is 0 Å². The van der Waals surface area contributed by atoms with Crippen molar-refractivity contribution < 1.29 is 0 Å². The van der Waals surface area contributed by atoms with Crippen LogP contribution in [0.2, 0.25) is 0 Å². The highest BCUT2D eigenvalue weighted by molar-refractivity contribution is 4.80. The summed E-state index contributed by atoms with van der Waals surface area (Å²) in [5.41, 5.74) is 0. The average molecular weight is 253 g/mol. The lowest BCUT2D eigenvalue weighted by molar-refractivity contribution is 0.121. The van der Waals surface area contributed by atoms with Crippen molar-refractivity contribution in [2.24, 2.45) is 5.92 Å². The minimum Gasteiger partial charge on any atom is -0.315 e. The van der Waals surface area contributed by atoms with Gasteiger partial charge in [0, 0.05) is 19.1 Å². The molecule has 0 aliphatic carbocycles. The molecule has 2 rings (SSSR count). The fourth-order valence-electron chi connectivity index (χ4n) is 3.39. The van der Waals surface area contributed by atoms with Crippen LogP contribution in [0.3, 0.4) is 0 Å². The highest BCUT2D eigenvalue weighted by Crippen LogP contribution is 2.21. The molecule has 0 aromatic heterocycles. The van der Waals surface area contributed by atoms with Crippen LogP contribution in [0.25, 0.3) is 0 Å². The van der Waals surface area contributed by atoms with Crippen molar-refractivity contribution in [1.29, 1.82) is 0 Å². The van der Waals surface area contributed by atoms with Crippen molar-refractivity contribution in [2.45, 2.75) is 45.6 Å². The van der Waals surface area contributed by atoms with Gasteiger partial charge in [-0.1, -0.05) is 6.92 Å². The molecule has 18 heavy (non-hydrogen) atoms. The molecule has 3 heteroatoms. The Morgan fingerprint density at radius 2 is 1.78 bits per heavy atom. The maximum atomic E-state index is 3.47. The number of likely N-dealkylation sites (N-methyl/N-ethyl adjacent to an activating group) is 1. The summed E-state index contributed by atoms with van der Waals surface area (Å²) in [6, 6.07) is 0.706. The van der Waals surface area contributed by atoms with Gasteiger partial charge in [0.2, 0.25) is 0 Å². The van der Waals surface area contributed by atoms with Crippen molar-refractivity contribution in [3.05, 3.63) is 0 Å². The molecular weight excluding hydrogens is 222 g/mol. The Balaban J connectivity index is 1.64. The summed E-state index contributed by atoms with van der Waals surface area (Å²) in [7, 11) is 0. The lowest BCUT2D eigenvalue weighted by atomic mass is 9.95. The largest absolute Gasteiger partial charge is 0.315 e. The summed E-state index contributed by atoms with van der Waals surface area (Å²) in [6.07, 6.45) is 5.68. The van der Waals surface area contributed by atoms with Crippen LogP contribution in [0.1, 0.15) is 39.5 Å². The van der Waals surface area contributed by atoms with Gasteiger partial charge in [-0.25, -0.2) is 0 Å². The number of hydrogen-bond donors (Lipinski definition) is 1. The summed E-state index contributed by atoms with van der Waals surface area (Å²) in [5, 5.41) is 3.47. The molecule has 0 radical (unpaired) electrons. The smallest absolute Gasteiger partial charge is 0.0192 e. The van der Waals surface area contributed by atoms with Gasteiger partial charge in [0.05, 0.1) is 0 Å². The Labute approximate surface area is 113 Å². The molecule has 1 atom stereocenters. The molecular formula is C15H31N3. The summed E-state index contributed by atoms with van der Waals surface area (Å²) in [6.45, 7) is 13.5. The van der Waals surface area contributed by atoms with Crippen molar-refractivity contribution in [3.8, 4) is 0 Å². The third-order valence-corrected chi connectivity index (χ3v) is 4.68. The van der Waals surface area contributed by atoms with Crippen molar-refractivity contribution in [3.63, 3.8) is 0 Å². The van der Waals surface area contributed by atoms with Gasteiger partial charge < -0.3 is 10.2 Å². The first kappa shape index (κ1) is 14.3. The second kappa shape index (κ2) is 7.46. The van der Waals surface area contributed by atoms with Crippen LogP contribution in [0, 0.1) is 5.92 Å². The van der Waals surface area contributed by atoms with Gasteiger partial charge in [-0.15, -0.1) is 0 Å². The van der Waals surface area contributed by atoms with E-state index in [1.165, 1.54) is 58.4 Å². The van der Waals surface area contributed by atoms with Crippen molar-refractivity contribution in [1.82, 2.24) is 15.1 Å². The number of hydrogen-bond acceptors (Lipinski definition) is 3. The molecule has 2 saturated heterocycles. The van der Waals surface area contributed by atoms with Crippen LogP contribution >= 0.6 is 0 Å². The first-order valence-corrected chi connectivity index (χ1v) is 7.96. The van der Waals surface area contributed by atoms with E-state index < -0.39 is 0 Å². The molecule has 2 heterocycles. The summed E-state index contributed by atoms with van der Waals surface area (Å²) in [4.78, 5) is 5.35. The van der Waals surface area contributed by atoms with E-state index >= 15 is 0 Å². The quantitative estimate of drug-likeness (QED) is 0.778. The summed E-state index contributed by atoms with van der Waals surface area (Å²) < 4.78 is 0. The van der Waals surface area contributed by atoms with Crippen LogP contribution < -0.4 is 5.32 Å². The predicted molar refractivity (Wildman–Crippen MR) is 78.0 cm³/mol. The maximum absolute atomic E-state index is 3.47. The van der Waals surface area contributed by atoms with Crippen LogP contribution in [0.5, 0.6) is 0 Å². The van der Waals surface area contributed by atoms with E-state index in [1.54, 1.807) is 0 Å². The second-order valence-electron chi connectivity index (χ2n) is 6.14. The SMILES string of the molecule is CCNCC(C)N1CCC(CN2CCCC2)CC1. The average Bonchev–Trinajstić information content (AvgIpc) is 2.89. The fourth-order valence-corrected chi connectivity index (χ4v) is 3.39. The molecule has 3 nitrogen and oxygen atoms in total. The molecule has 2 fully saturated rings. The Morgan fingerprint density at radius 3 is 2.39 bits per heavy atom. The zero-order valence-electron chi connectivity index (χ0n) is 12.3. The molecule has 0 aromatic carbocycles. The highest BCUT2D eigenvalue weighted by Gasteiger charge is 2.24. The molecule has 1 unspecified atom stereocenters. The first-order chi connectivity index (χ1) is 8.79. The molecule has 0 amide bonds. The zero-order chi connectivity index (χ0) is 12.8. The lowest BCUT2D eigenvalue weighted by Gasteiger charge is -2.37. The van der Waals surface area contributed by atoms with Gasteiger partial charge in [0.1, 0.15) is 0 Å². The molecule has 1 N–H and O–H groups in total. The van der Waals surface area contributed by atoms with Gasteiger partial charge in [-0.2, -0.15) is 0 Å². The Bertz CT molecular complexity index is 218. The minimum absolute atomic E-state index is 0.706. The molecule has 0 bridgehead atoms. The fraction of sp³-hybridized carbons (Fsp3) is 1.00. The predicted octanol–water partition coefficient (Wildman–Crippen LogP) is 1.79. The normalized spacial score (nSPS) is 25.7. The Hall–Kier alpha value is -0.120. The highest BCUT2D eigenvalue weighted by atomic mass is 15.2. The van der Waals surface area contributed by atoms with Crippen LogP contribution in [-0.2, 0) is 0 Å². The van der Waals surface area contributed by atoms with Crippen LogP contribution in [-0.4, -0.2) is 61.7 Å². The van der Waals surface area contributed by atoms with Gasteiger partial charge in [-0.05, 0) is 71.2 Å². The van der Waals surface area contributed by atoms with E-state index in [4.69, 9.17) is 0 Å². The van der Waals surface area contributed by atoms with E-state index in [9.17, 15) is 0 Å². The van der Waals surface area contributed by atoms with Crippen molar-refractivity contribution in [2.75, 3.05) is 45.8 Å². The number of nitrogens with zero attached hydrogens (tertiary/aromatic N) is 2. The standard InChI is InChI=1S/C15H31N3/c1-3-16-12-14(2)18-10-6-15(7-11-18)13-17-8-4-5-9-17/h14-16H,3-13H2,1-2H3. The molecule has 2 aliphatic rings. The lowest BCUT2D eigenvalue weighted by Crippen LogP contribution is -2.46. The Kier molecular flexibility index (Phi) is 5.93. The third kappa shape index (κ3) is 4.22. The van der Waals surface area contributed by atoms with Gasteiger partial charge in [0.25, 0.3) is 0 Å². The monoisotopic (exact) mass is 253 g/mol. The van der Waals surface area contributed by atoms with E-state index in [2.05, 4.69) is 29.0 Å². The summed E-state index contributed by atoms with van der Waals surface area (Å²) >= 11 is 0. The Morgan fingerprint density at radius 1 is 1.11 bits per heavy atom. The zero-order valence-corrected chi connectivity index (χ0v) is 12.3. The van der Waals surface area contributed by atoms with E-state index in [-0.39, 0.29) is 0 Å². The molecule has 106 valence electrons. The summed E-state index contributed by atoms with van der Waals surface area (Å²) in [5.74, 6) is 0.964. The van der Waals surface area contributed by atoms with Gasteiger partial charge in [0.15, 0.2) is 0 Å². The van der Waals surface area contributed by atoms with E-state index in [0.29, 0.717) is 6.04 Å². The van der Waals surface area contributed by atoms with E-state index in [1.807, 2.05) is 0 Å². The molecule has 2 aliphatic heterocycles. The number of piperidine rings is 1. The van der Waals surface area contributed by atoms with Crippen LogP contribution in [0.4, 0.5) is 0 Å². The third-order valence-electron chi connectivity index (χ3n) is 4.68. The second-order valence-corrected chi connectivity index (χ2v) is 6.14. The molecule has 0 aromatic rings. The van der Waals surface area contributed by atoms with Crippen LogP contribution in [0.15, 0.2) is 0 Å².